The van der Waals surface area contributed by atoms with Crippen LogP contribution in [0, 0.1) is 11.7 Å². The van der Waals surface area contributed by atoms with Gasteiger partial charge in [-0.2, -0.15) is 0 Å². The third-order valence-electron chi connectivity index (χ3n) is 8.30. The summed E-state index contributed by atoms with van der Waals surface area (Å²) >= 11 is 0. The Kier molecular flexibility index (Phi) is 7.88. The molecule has 6 rings (SSSR count). The molecule has 214 valence electrons. The Bertz CT molecular complexity index is 1360. The molecule has 1 saturated carbocycles. The number of amides is 3. The van der Waals surface area contributed by atoms with Gasteiger partial charge < -0.3 is 25.0 Å². The van der Waals surface area contributed by atoms with Gasteiger partial charge in [-0.15, -0.1) is 0 Å². The second-order valence-electron chi connectivity index (χ2n) is 11.0. The topological polar surface area (TPSA) is 134 Å². The van der Waals surface area contributed by atoms with Gasteiger partial charge in [-0.05, 0) is 55.7 Å². The van der Waals surface area contributed by atoms with Crippen molar-refractivity contribution in [3.63, 3.8) is 0 Å². The zero-order valence-corrected chi connectivity index (χ0v) is 22.6. The Hall–Kier alpha value is -3.80. The zero-order valence-electron chi connectivity index (χ0n) is 22.6. The Balaban J connectivity index is 1.37. The fourth-order valence-electron chi connectivity index (χ4n) is 6.07. The minimum absolute atomic E-state index is 0.0366. The van der Waals surface area contributed by atoms with Crippen LogP contribution in [0.25, 0.3) is 0 Å². The third kappa shape index (κ3) is 5.45. The maximum absolute atomic E-state index is 13.3. The second kappa shape index (κ2) is 11.4. The van der Waals surface area contributed by atoms with Crippen molar-refractivity contribution >= 4 is 17.7 Å². The largest absolute Gasteiger partial charge is 0.501 e. The van der Waals surface area contributed by atoms with Gasteiger partial charge in [-0.3, -0.25) is 23.7 Å². The van der Waals surface area contributed by atoms with Crippen molar-refractivity contribution in [2.24, 2.45) is 5.92 Å². The number of carbonyl (C=O) groups is 3. The van der Waals surface area contributed by atoms with Gasteiger partial charge in [0.15, 0.2) is 5.69 Å². The third-order valence-corrected chi connectivity index (χ3v) is 8.30. The summed E-state index contributed by atoms with van der Waals surface area (Å²) in [5.74, 6) is -3.22. The molecular weight excluding hydrogens is 521 g/mol. The van der Waals surface area contributed by atoms with Crippen LogP contribution in [0.5, 0.6) is 5.75 Å². The number of hydrogen-bond donors (Lipinski definition) is 2. The number of nitrogens with one attached hydrogen (secondary N) is 1. The van der Waals surface area contributed by atoms with Gasteiger partial charge >= 0.3 is 11.8 Å². The van der Waals surface area contributed by atoms with Crippen LogP contribution in [0.4, 0.5) is 4.39 Å². The summed E-state index contributed by atoms with van der Waals surface area (Å²) in [5.41, 5.74) is -0.478. The molecule has 2 fully saturated rings. The van der Waals surface area contributed by atoms with E-state index in [9.17, 15) is 28.7 Å². The van der Waals surface area contributed by atoms with Crippen LogP contribution in [0.2, 0.25) is 0 Å². The summed E-state index contributed by atoms with van der Waals surface area (Å²) in [6.07, 6.45) is 3.65. The number of hydrogen-bond acceptors (Lipinski definition) is 7. The van der Waals surface area contributed by atoms with E-state index in [1.54, 1.807) is 14.1 Å². The zero-order chi connectivity index (χ0) is 28.6. The average molecular weight is 556 g/mol. The molecule has 12 heteroatoms. The average Bonchev–Trinajstić information content (AvgIpc) is 3.34. The van der Waals surface area contributed by atoms with Crippen LogP contribution in [0.15, 0.2) is 29.1 Å². The first-order valence-electron chi connectivity index (χ1n) is 13.6. The number of fused-ring (bicyclic) bond motifs is 2. The van der Waals surface area contributed by atoms with Gasteiger partial charge in [0, 0.05) is 52.3 Å². The van der Waals surface area contributed by atoms with E-state index in [2.05, 4.69) is 10.3 Å². The molecule has 1 aliphatic carbocycles. The summed E-state index contributed by atoms with van der Waals surface area (Å²) in [6, 6.07) is 5.16. The highest BCUT2D eigenvalue weighted by molar-refractivity contribution is 6.34. The number of aromatic hydroxyl groups is 1. The lowest BCUT2D eigenvalue weighted by Crippen LogP contribution is -2.50. The van der Waals surface area contributed by atoms with Crippen molar-refractivity contribution in [3.05, 3.63) is 57.5 Å². The fourth-order valence-corrected chi connectivity index (χ4v) is 6.07. The summed E-state index contributed by atoms with van der Waals surface area (Å²) in [6.45, 7) is 1.34. The number of aromatic nitrogens is 2. The molecule has 2 bridgehead atoms. The Labute approximate surface area is 230 Å². The van der Waals surface area contributed by atoms with Crippen molar-refractivity contribution in [2.75, 3.05) is 27.2 Å². The molecule has 3 aliphatic heterocycles. The molecular formula is C28H34FN5O6. The highest BCUT2D eigenvalue weighted by Gasteiger charge is 2.43. The van der Waals surface area contributed by atoms with Crippen LogP contribution < -0.4 is 10.9 Å². The van der Waals surface area contributed by atoms with Crippen molar-refractivity contribution in [3.8, 4) is 5.75 Å². The van der Waals surface area contributed by atoms with E-state index in [4.69, 9.17) is 4.74 Å². The van der Waals surface area contributed by atoms with Gasteiger partial charge in [0.2, 0.25) is 5.75 Å². The quantitative estimate of drug-likeness (QED) is 0.515. The minimum Gasteiger partial charge on any atom is -0.501 e. The molecule has 4 heterocycles. The molecule has 40 heavy (non-hydrogen) atoms. The number of rotatable bonds is 6. The number of benzene rings is 1. The molecule has 0 radical (unpaired) electrons. The molecule has 1 aromatic heterocycles. The maximum Gasteiger partial charge on any atom is 0.312 e. The van der Waals surface area contributed by atoms with Crippen molar-refractivity contribution in [2.45, 2.75) is 63.3 Å². The summed E-state index contributed by atoms with van der Waals surface area (Å²) in [7, 11) is 3.18. The van der Waals surface area contributed by atoms with Crippen molar-refractivity contribution < 1.29 is 28.6 Å². The number of nitrogens with zero attached hydrogens (tertiary/aromatic N) is 4. The van der Waals surface area contributed by atoms with E-state index >= 15 is 0 Å². The highest BCUT2D eigenvalue weighted by atomic mass is 19.1. The number of halogens is 1. The van der Waals surface area contributed by atoms with E-state index in [0.717, 1.165) is 19.3 Å². The molecule has 0 spiro atoms. The van der Waals surface area contributed by atoms with Crippen LogP contribution in [-0.4, -0.2) is 81.6 Å². The highest BCUT2D eigenvalue weighted by Crippen LogP contribution is 2.42. The first-order chi connectivity index (χ1) is 19.1. The number of carbonyl (C=O) groups excluding carboxylic acids is 3. The van der Waals surface area contributed by atoms with Gasteiger partial charge in [-0.1, -0.05) is 12.1 Å². The molecule has 4 atom stereocenters. The van der Waals surface area contributed by atoms with Crippen LogP contribution in [0.1, 0.15) is 59.9 Å². The molecule has 4 aliphatic rings. The number of ether oxygens (including phenoxy) is 1. The summed E-state index contributed by atoms with van der Waals surface area (Å²) in [4.78, 5) is 59.8. The fraction of sp³-hybridized carbons (Fsp3) is 0.536. The predicted octanol–water partition coefficient (Wildman–Crippen LogP) is 1.38. The van der Waals surface area contributed by atoms with Crippen LogP contribution >= 0.6 is 0 Å². The molecule has 1 saturated heterocycles. The molecule has 4 unspecified atom stereocenters. The first kappa shape index (κ1) is 27.8. The van der Waals surface area contributed by atoms with Crippen molar-refractivity contribution in [1.82, 2.24) is 24.7 Å². The van der Waals surface area contributed by atoms with E-state index in [0.29, 0.717) is 43.9 Å². The monoisotopic (exact) mass is 555 g/mol. The van der Waals surface area contributed by atoms with E-state index in [-0.39, 0.29) is 18.6 Å². The maximum atomic E-state index is 13.3. The first-order valence-corrected chi connectivity index (χ1v) is 13.6. The minimum atomic E-state index is -0.743. The Morgan fingerprint density at radius 2 is 1.90 bits per heavy atom. The van der Waals surface area contributed by atoms with Gasteiger partial charge in [0.05, 0.1) is 6.10 Å². The lowest BCUT2D eigenvalue weighted by Gasteiger charge is -2.38. The van der Waals surface area contributed by atoms with Crippen LogP contribution in [0.3, 0.4) is 0 Å². The van der Waals surface area contributed by atoms with Crippen LogP contribution in [-0.2, 0) is 27.4 Å². The van der Waals surface area contributed by atoms with Crippen molar-refractivity contribution in [1.29, 1.82) is 0 Å². The summed E-state index contributed by atoms with van der Waals surface area (Å²) < 4.78 is 20.2. The normalized spacial score (nSPS) is 23.3. The number of likely N-dealkylation sites (N-methyl/N-ethyl adjacent to an activating group) is 2. The van der Waals surface area contributed by atoms with Gasteiger partial charge in [0.1, 0.15) is 11.6 Å². The Morgan fingerprint density at radius 1 is 1.15 bits per heavy atom. The van der Waals surface area contributed by atoms with Gasteiger partial charge in [-0.25, -0.2) is 9.37 Å². The van der Waals surface area contributed by atoms with E-state index in [1.807, 2.05) is 0 Å². The second-order valence-corrected chi connectivity index (χ2v) is 11.0. The standard InChI is InChI=1S/C28H34FN5O6/c1-32(15-19-4-3-11-40-19)27(38)28(39)33(2)21-12-17-7-10-20(21)24-31-22(23(35)26(37)34(24)14-17)25(36)30-13-16-5-8-18(29)9-6-16/h5-6,8-9,17,19-21,35H,3-4,7,10-15H2,1-2H3,(H,30,36). The molecule has 2 N–H and O–H groups in total. The molecule has 11 nitrogen and oxygen atoms in total. The lowest BCUT2D eigenvalue weighted by atomic mass is 9.78. The SMILES string of the molecule is CN(CC1CCCO1)C(=O)C(=O)N(C)C1CC2CCC1c1nc(C(=O)NCc3ccc(F)cc3)c(O)c(=O)n1C2. The smallest absolute Gasteiger partial charge is 0.312 e. The van der Waals surface area contributed by atoms with Gasteiger partial charge in [0.25, 0.3) is 11.5 Å². The summed E-state index contributed by atoms with van der Waals surface area (Å²) in [5, 5.41) is 13.2. The molecule has 1 aromatic carbocycles. The van der Waals surface area contributed by atoms with E-state index in [1.165, 1.54) is 38.6 Å². The predicted molar refractivity (Wildman–Crippen MR) is 141 cm³/mol. The van der Waals surface area contributed by atoms with E-state index < -0.39 is 52.5 Å². The molecule has 2 aromatic rings. The Morgan fingerprint density at radius 3 is 2.60 bits per heavy atom. The lowest BCUT2D eigenvalue weighted by molar-refractivity contribution is -0.153. The molecule has 3 amide bonds.